The number of rotatable bonds is 6. The lowest BCUT2D eigenvalue weighted by molar-refractivity contribution is -0.384. The van der Waals surface area contributed by atoms with Crippen molar-refractivity contribution >= 4 is 33.9 Å². The maximum atomic E-state index is 12.5. The van der Waals surface area contributed by atoms with Gasteiger partial charge in [-0.25, -0.2) is 4.79 Å². The third kappa shape index (κ3) is 3.60. The normalized spacial score (nSPS) is 13.7. The Morgan fingerprint density at radius 2 is 2.15 bits per heavy atom. The molecule has 136 valence electrons. The van der Waals surface area contributed by atoms with Crippen LogP contribution < -0.4 is 5.32 Å². The van der Waals surface area contributed by atoms with Crippen molar-refractivity contribution in [1.29, 1.82) is 0 Å². The molecule has 0 radical (unpaired) electrons. The minimum absolute atomic E-state index is 0.0200. The molecular weight excluding hydrogens is 356 g/mol. The molecule has 0 unspecified atom stereocenters. The smallest absolute Gasteiger partial charge is 0.341 e. The third-order valence-electron chi connectivity index (χ3n) is 4.35. The van der Waals surface area contributed by atoms with Crippen molar-refractivity contribution in [3.05, 3.63) is 45.3 Å². The summed E-state index contributed by atoms with van der Waals surface area (Å²) in [6.07, 6.45) is 2.74. The molecular formula is C18H18N2O5S. The number of carbonyl (C=O) groups is 2. The molecule has 0 spiro atoms. The SMILES string of the molecule is CCOC(=O)c1c(-c2cccc([N+](=O)[O-])c2)csc1NC(=O)C1CCC1. The Morgan fingerprint density at radius 1 is 1.38 bits per heavy atom. The third-order valence-corrected chi connectivity index (χ3v) is 5.25. The topological polar surface area (TPSA) is 98.5 Å². The number of nitrogens with zero attached hydrogens (tertiary/aromatic N) is 1. The maximum Gasteiger partial charge on any atom is 0.341 e. The van der Waals surface area contributed by atoms with E-state index in [9.17, 15) is 19.7 Å². The number of hydrogen-bond acceptors (Lipinski definition) is 6. The van der Waals surface area contributed by atoms with Gasteiger partial charge in [0.25, 0.3) is 5.69 Å². The van der Waals surface area contributed by atoms with E-state index in [-0.39, 0.29) is 29.7 Å². The second-order valence-corrected chi connectivity index (χ2v) is 6.88. The van der Waals surface area contributed by atoms with Gasteiger partial charge in [0.15, 0.2) is 0 Å². The summed E-state index contributed by atoms with van der Waals surface area (Å²) in [5, 5.41) is 16.0. The second kappa shape index (κ2) is 7.65. The molecule has 0 bridgehead atoms. The predicted molar refractivity (Wildman–Crippen MR) is 98.3 cm³/mol. The van der Waals surface area contributed by atoms with Gasteiger partial charge in [0.2, 0.25) is 5.91 Å². The van der Waals surface area contributed by atoms with Crippen LogP contribution >= 0.6 is 11.3 Å². The summed E-state index contributed by atoms with van der Waals surface area (Å²) in [6.45, 7) is 1.89. The van der Waals surface area contributed by atoms with Crippen molar-refractivity contribution < 1.29 is 19.2 Å². The second-order valence-electron chi connectivity index (χ2n) is 6.00. The molecule has 2 aromatic rings. The fraction of sp³-hybridized carbons (Fsp3) is 0.333. The first kappa shape index (κ1) is 18.1. The van der Waals surface area contributed by atoms with Gasteiger partial charge < -0.3 is 10.1 Å². The fourth-order valence-electron chi connectivity index (χ4n) is 2.74. The van der Waals surface area contributed by atoms with E-state index in [0.29, 0.717) is 16.1 Å². The number of carbonyl (C=O) groups excluding carboxylic acids is 2. The lowest BCUT2D eigenvalue weighted by Gasteiger charge is -2.23. The van der Waals surface area contributed by atoms with Crippen molar-refractivity contribution in [1.82, 2.24) is 0 Å². The summed E-state index contributed by atoms with van der Waals surface area (Å²) in [6, 6.07) is 6.05. The summed E-state index contributed by atoms with van der Waals surface area (Å²) in [4.78, 5) is 35.3. The van der Waals surface area contributed by atoms with Gasteiger partial charge in [-0.1, -0.05) is 18.6 Å². The molecule has 1 aromatic heterocycles. The Morgan fingerprint density at radius 3 is 2.77 bits per heavy atom. The molecule has 1 amide bonds. The lowest BCUT2D eigenvalue weighted by Crippen LogP contribution is -2.28. The van der Waals surface area contributed by atoms with E-state index in [1.807, 2.05) is 0 Å². The molecule has 1 aromatic carbocycles. The van der Waals surface area contributed by atoms with E-state index >= 15 is 0 Å². The highest BCUT2D eigenvalue weighted by Gasteiger charge is 2.28. The zero-order chi connectivity index (χ0) is 18.7. The monoisotopic (exact) mass is 374 g/mol. The minimum atomic E-state index is -0.556. The molecule has 1 N–H and O–H groups in total. The van der Waals surface area contributed by atoms with Gasteiger partial charge in [0, 0.05) is 29.0 Å². The van der Waals surface area contributed by atoms with Crippen LogP contribution in [0.5, 0.6) is 0 Å². The van der Waals surface area contributed by atoms with Crippen LogP contribution in [0.4, 0.5) is 10.7 Å². The molecule has 1 aliphatic carbocycles. The Kier molecular flexibility index (Phi) is 5.32. The quantitative estimate of drug-likeness (QED) is 0.463. The Hall–Kier alpha value is -2.74. The van der Waals surface area contributed by atoms with Crippen molar-refractivity contribution in [2.24, 2.45) is 5.92 Å². The fourth-order valence-corrected chi connectivity index (χ4v) is 3.70. The van der Waals surface area contributed by atoms with Crippen LogP contribution in [0.3, 0.4) is 0 Å². The van der Waals surface area contributed by atoms with E-state index in [0.717, 1.165) is 19.3 Å². The van der Waals surface area contributed by atoms with E-state index in [4.69, 9.17) is 4.74 Å². The van der Waals surface area contributed by atoms with Gasteiger partial charge >= 0.3 is 5.97 Å². The van der Waals surface area contributed by atoms with Crippen LogP contribution in [0.2, 0.25) is 0 Å². The lowest BCUT2D eigenvalue weighted by atomic mass is 9.85. The Bertz CT molecular complexity index is 857. The van der Waals surface area contributed by atoms with Gasteiger partial charge in [-0.3, -0.25) is 14.9 Å². The number of benzene rings is 1. The number of nitro benzene ring substituents is 1. The number of amides is 1. The van der Waals surface area contributed by atoms with E-state index in [2.05, 4.69) is 5.32 Å². The van der Waals surface area contributed by atoms with Crippen LogP contribution in [0.25, 0.3) is 11.1 Å². The minimum Gasteiger partial charge on any atom is -0.462 e. The predicted octanol–water partition coefficient (Wildman–Crippen LogP) is 4.24. The molecule has 0 saturated heterocycles. The standard InChI is InChI=1S/C18H18N2O5S/c1-2-25-18(22)15-14(12-7-4-8-13(9-12)20(23)24)10-26-17(15)19-16(21)11-5-3-6-11/h4,7-11H,2-3,5-6H2,1H3,(H,19,21). The van der Waals surface area contributed by atoms with Gasteiger partial charge in [-0.15, -0.1) is 11.3 Å². The number of hydrogen-bond donors (Lipinski definition) is 1. The first-order valence-corrected chi connectivity index (χ1v) is 9.23. The van der Waals surface area contributed by atoms with Gasteiger partial charge in [0.1, 0.15) is 10.6 Å². The molecule has 7 nitrogen and oxygen atoms in total. The van der Waals surface area contributed by atoms with Crippen molar-refractivity contribution in [2.75, 3.05) is 11.9 Å². The Balaban J connectivity index is 1.99. The molecule has 1 saturated carbocycles. The van der Waals surface area contributed by atoms with Crippen LogP contribution in [0.1, 0.15) is 36.5 Å². The summed E-state index contributed by atoms with van der Waals surface area (Å²) >= 11 is 1.22. The Labute approximate surface area is 154 Å². The van der Waals surface area contributed by atoms with Gasteiger partial charge in [-0.05, 0) is 25.3 Å². The number of anilines is 1. The molecule has 1 aliphatic rings. The zero-order valence-electron chi connectivity index (χ0n) is 14.2. The van der Waals surface area contributed by atoms with E-state index in [1.54, 1.807) is 24.4 Å². The highest BCUT2D eigenvalue weighted by atomic mass is 32.1. The molecule has 1 fully saturated rings. The maximum absolute atomic E-state index is 12.5. The van der Waals surface area contributed by atoms with Crippen LogP contribution in [-0.4, -0.2) is 23.4 Å². The summed E-state index contributed by atoms with van der Waals surface area (Å²) < 4.78 is 5.13. The number of thiophene rings is 1. The van der Waals surface area contributed by atoms with Crippen LogP contribution in [0.15, 0.2) is 29.6 Å². The summed E-state index contributed by atoms with van der Waals surface area (Å²) in [5.41, 5.74) is 1.22. The van der Waals surface area contributed by atoms with E-state index < -0.39 is 10.9 Å². The highest BCUT2D eigenvalue weighted by Crippen LogP contribution is 2.38. The first-order chi connectivity index (χ1) is 12.5. The number of non-ortho nitro benzene ring substituents is 1. The molecule has 8 heteroatoms. The highest BCUT2D eigenvalue weighted by molar-refractivity contribution is 7.15. The van der Waals surface area contributed by atoms with Crippen molar-refractivity contribution in [2.45, 2.75) is 26.2 Å². The first-order valence-electron chi connectivity index (χ1n) is 8.35. The molecule has 3 rings (SSSR count). The van der Waals surface area contributed by atoms with Crippen molar-refractivity contribution in [3.8, 4) is 11.1 Å². The molecule has 26 heavy (non-hydrogen) atoms. The average Bonchev–Trinajstić information content (AvgIpc) is 2.97. The molecule has 0 aliphatic heterocycles. The van der Waals surface area contributed by atoms with Gasteiger partial charge in [-0.2, -0.15) is 0 Å². The van der Waals surface area contributed by atoms with Crippen LogP contribution in [0, 0.1) is 16.0 Å². The molecule has 0 atom stereocenters. The molecule has 1 heterocycles. The number of nitrogens with one attached hydrogen (secondary N) is 1. The van der Waals surface area contributed by atoms with Crippen LogP contribution in [-0.2, 0) is 9.53 Å². The zero-order valence-corrected chi connectivity index (χ0v) is 15.0. The summed E-state index contributed by atoms with van der Waals surface area (Å²) in [5.74, 6) is -0.679. The largest absolute Gasteiger partial charge is 0.462 e. The number of nitro groups is 1. The number of esters is 1. The van der Waals surface area contributed by atoms with Crippen molar-refractivity contribution in [3.63, 3.8) is 0 Å². The van der Waals surface area contributed by atoms with Gasteiger partial charge in [0.05, 0.1) is 11.5 Å². The average molecular weight is 374 g/mol. The summed E-state index contributed by atoms with van der Waals surface area (Å²) in [7, 11) is 0. The van der Waals surface area contributed by atoms with E-state index in [1.165, 1.54) is 23.5 Å². The number of ether oxygens (including phenoxy) is 1.